The van der Waals surface area contributed by atoms with Crippen LogP contribution < -0.4 is 15.8 Å². The zero-order chi connectivity index (χ0) is 22.9. The van der Waals surface area contributed by atoms with Gasteiger partial charge in [0.2, 0.25) is 0 Å². The molecule has 0 aromatic carbocycles. The summed E-state index contributed by atoms with van der Waals surface area (Å²) in [6.07, 6.45) is 4.42. The summed E-state index contributed by atoms with van der Waals surface area (Å²) in [6, 6.07) is 5.98. The second kappa shape index (κ2) is 8.92. The Balaban J connectivity index is 1.29. The fourth-order valence-corrected chi connectivity index (χ4v) is 5.30. The summed E-state index contributed by atoms with van der Waals surface area (Å²) in [5, 5.41) is 5.76. The number of aryl methyl sites for hydroxylation is 1. The number of rotatable bonds is 5. The first-order chi connectivity index (χ1) is 16.1. The van der Waals surface area contributed by atoms with E-state index in [1.807, 2.05) is 36.8 Å². The Labute approximate surface area is 195 Å². The maximum Gasteiger partial charge on any atom is 0.271 e. The highest BCUT2D eigenvalue weighted by molar-refractivity contribution is 7.17. The molecule has 5 heterocycles. The van der Waals surface area contributed by atoms with Crippen molar-refractivity contribution in [3.05, 3.63) is 63.1 Å². The lowest BCUT2D eigenvalue weighted by Crippen LogP contribution is -2.46. The van der Waals surface area contributed by atoms with E-state index < -0.39 is 0 Å². The van der Waals surface area contributed by atoms with Crippen molar-refractivity contribution in [2.45, 2.75) is 19.9 Å². The Kier molecular flexibility index (Phi) is 5.82. The predicted molar refractivity (Wildman–Crippen MR) is 132 cm³/mol. The number of thiophene rings is 1. The van der Waals surface area contributed by atoms with Crippen molar-refractivity contribution in [2.24, 2.45) is 0 Å². The van der Waals surface area contributed by atoms with Gasteiger partial charge in [0.1, 0.15) is 5.69 Å². The summed E-state index contributed by atoms with van der Waals surface area (Å²) in [4.78, 5) is 41.1. The molecule has 0 atom stereocenters. The number of nitrogens with one attached hydrogen (secondary N) is 2. The number of aromatic amines is 1. The molecule has 9 heteroatoms. The summed E-state index contributed by atoms with van der Waals surface area (Å²) in [7, 11) is 1.63. The van der Waals surface area contributed by atoms with Gasteiger partial charge in [-0.1, -0.05) is 6.92 Å². The molecule has 2 N–H and O–H groups in total. The zero-order valence-electron chi connectivity index (χ0n) is 18.7. The van der Waals surface area contributed by atoms with Gasteiger partial charge in [-0.05, 0) is 35.6 Å². The van der Waals surface area contributed by atoms with E-state index in [1.165, 1.54) is 0 Å². The quantitative estimate of drug-likeness (QED) is 0.474. The molecule has 0 radical (unpaired) electrons. The van der Waals surface area contributed by atoms with Gasteiger partial charge in [0.15, 0.2) is 0 Å². The minimum Gasteiger partial charge on any atom is -0.367 e. The molecule has 1 fully saturated rings. The number of carbonyl (C=O) groups excluding carboxylic acids is 1. The lowest BCUT2D eigenvalue weighted by Gasteiger charge is -2.36. The van der Waals surface area contributed by atoms with Crippen molar-refractivity contribution >= 4 is 44.1 Å². The van der Waals surface area contributed by atoms with Crippen LogP contribution >= 0.6 is 11.3 Å². The number of hydrogen-bond acceptors (Lipinski definition) is 7. The van der Waals surface area contributed by atoms with Crippen molar-refractivity contribution in [2.75, 3.05) is 38.1 Å². The first kappa shape index (κ1) is 21.5. The molecule has 0 saturated carbocycles. The number of fused-ring (bicyclic) bond motifs is 2. The van der Waals surface area contributed by atoms with Crippen molar-refractivity contribution in [1.29, 1.82) is 0 Å². The fourth-order valence-electron chi connectivity index (χ4n) is 4.40. The second-order valence-electron chi connectivity index (χ2n) is 8.25. The molecule has 0 spiro atoms. The third-order valence-electron chi connectivity index (χ3n) is 6.24. The van der Waals surface area contributed by atoms with Crippen molar-refractivity contribution in [3.63, 3.8) is 0 Å². The van der Waals surface area contributed by atoms with Crippen LogP contribution in [-0.4, -0.2) is 59.0 Å². The molecule has 0 bridgehead atoms. The van der Waals surface area contributed by atoms with Crippen LogP contribution in [0.5, 0.6) is 0 Å². The van der Waals surface area contributed by atoms with Crippen LogP contribution in [0.15, 0.2) is 40.8 Å². The molecular weight excluding hydrogens is 436 g/mol. The van der Waals surface area contributed by atoms with E-state index in [-0.39, 0.29) is 11.5 Å². The van der Waals surface area contributed by atoms with E-state index in [2.05, 4.69) is 36.1 Å². The van der Waals surface area contributed by atoms with Crippen molar-refractivity contribution in [3.8, 4) is 0 Å². The van der Waals surface area contributed by atoms with E-state index >= 15 is 0 Å². The molecule has 1 aliphatic rings. The minimum atomic E-state index is -0.157. The standard InChI is InChI=1S/C24H26N6O2S/c1-3-16-11-18-19(28-23(16)31)10-15(12-26-18)14-29-5-7-30(8-6-29)20-13-27-21(24(32)25-2)22-17(20)4-9-33-22/h4,9-13H,3,5-8,14H2,1-2H3,(H,25,32)(H,28,31). The number of piperazine rings is 1. The number of amides is 1. The Morgan fingerprint density at radius 3 is 2.76 bits per heavy atom. The summed E-state index contributed by atoms with van der Waals surface area (Å²) in [5.74, 6) is -0.157. The van der Waals surface area contributed by atoms with Crippen molar-refractivity contribution < 1.29 is 4.79 Å². The predicted octanol–water partition coefficient (Wildman–Crippen LogP) is 2.78. The first-order valence-corrected chi connectivity index (χ1v) is 12.0. The van der Waals surface area contributed by atoms with Crippen LogP contribution in [0.25, 0.3) is 21.1 Å². The van der Waals surface area contributed by atoms with E-state index in [4.69, 9.17) is 0 Å². The molecular formula is C24H26N6O2S. The molecule has 1 amide bonds. The maximum absolute atomic E-state index is 12.2. The van der Waals surface area contributed by atoms with Crippen LogP contribution in [0.2, 0.25) is 0 Å². The Bertz CT molecular complexity index is 1390. The van der Waals surface area contributed by atoms with Crippen LogP contribution in [-0.2, 0) is 13.0 Å². The van der Waals surface area contributed by atoms with Crippen LogP contribution in [0.1, 0.15) is 28.5 Å². The summed E-state index contributed by atoms with van der Waals surface area (Å²) < 4.78 is 0.928. The highest BCUT2D eigenvalue weighted by Crippen LogP contribution is 2.32. The fraction of sp³-hybridized carbons (Fsp3) is 0.333. The summed E-state index contributed by atoms with van der Waals surface area (Å²) >= 11 is 1.55. The van der Waals surface area contributed by atoms with E-state index in [0.29, 0.717) is 12.1 Å². The second-order valence-corrected chi connectivity index (χ2v) is 9.17. The number of aromatic nitrogens is 3. The van der Waals surface area contributed by atoms with Gasteiger partial charge in [0, 0.05) is 56.9 Å². The average molecular weight is 463 g/mol. The average Bonchev–Trinajstić information content (AvgIpc) is 3.33. The van der Waals surface area contributed by atoms with Gasteiger partial charge < -0.3 is 15.2 Å². The van der Waals surface area contributed by atoms with Gasteiger partial charge >= 0.3 is 0 Å². The molecule has 1 saturated heterocycles. The van der Waals surface area contributed by atoms with Crippen LogP contribution in [0.3, 0.4) is 0 Å². The van der Waals surface area contributed by atoms with Gasteiger partial charge in [-0.25, -0.2) is 4.98 Å². The lowest BCUT2D eigenvalue weighted by molar-refractivity contribution is 0.0960. The highest BCUT2D eigenvalue weighted by Gasteiger charge is 2.22. The van der Waals surface area contributed by atoms with Crippen LogP contribution in [0, 0.1) is 0 Å². The SMILES string of the molecule is CCc1cc2ncc(CN3CCN(c4cnc(C(=O)NC)c5sccc45)CC3)cc2[nH]c1=O. The number of pyridine rings is 3. The Morgan fingerprint density at radius 1 is 1.18 bits per heavy atom. The molecule has 1 aliphatic heterocycles. The van der Waals surface area contributed by atoms with Gasteiger partial charge in [-0.15, -0.1) is 11.3 Å². The maximum atomic E-state index is 12.2. The number of anilines is 1. The number of hydrogen-bond donors (Lipinski definition) is 2. The molecule has 4 aromatic heterocycles. The van der Waals surface area contributed by atoms with E-state index in [9.17, 15) is 9.59 Å². The molecule has 0 unspecified atom stereocenters. The Hall–Kier alpha value is -3.30. The number of nitrogens with zero attached hydrogens (tertiary/aromatic N) is 4. The monoisotopic (exact) mass is 462 g/mol. The molecule has 5 rings (SSSR count). The van der Waals surface area contributed by atoms with Gasteiger partial charge in [-0.3, -0.25) is 19.5 Å². The van der Waals surface area contributed by atoms with E-state index in [0.717, 1.165) is 70.7 Å². The topological polar surface area (TPSA) is 94.2 Å². The molecule has 33 heavy (non-hydrogen) atoms. The first-order valence-electron chi connectivity index (χ1n) is 11.1. The number of carbonyl (C=O) groups is 1. The summed E-state index contributed by atoms with van der Waals surface area (Å²) in [6.45, 7) is 6.34. The minimum absolute atomic E-state index is 0.0339. The van der Waals surface area contributed by atoms with Gasteiger partial charge in [-0.2, -0.15) is 0 Å². The Morgan fingerprint density at radius 2 is 2.00 bits per heavy atom. The third kappa shape index (κ3) is 4.09. The largest absolute Gasteiger partial charge is 0.367 e. The summed E-state index contributed by atoms with van der Waals surface area (Å²) in [5.41, 5.74) is 4.99. The van der Waals surface area contributed by atoms with Crippen LogP contribution in [0.4, 0.5) is 5.69 Å². The molecule has 8 nitrogen and oxygen atoms in total. The van der Waals surface area contributed by atoms with Gasteiger partial charge in [0.25, 0.3) is 11.5 Å². The lowest BCUT2D eigenvalue weighted by atomic mass is 10.1. The normalized spacial score (nSPS) is 14.8. The third-order valence-corrected chi connectivity index (χ3v) is 7.16. The van der Waals surface area contributed by atoms with Gasteiger partial charge in [0.05, 0.1) is 27.6 Å². The number of H-pyrrole nitrogens is 1. The van der Waals surface area contributed by atoms with Crippen molar-refractivity contribution in [1.82, 2.24) is 25.2 Å². The highest BCUT2D eigenvalue weighted by atomic mass is 32.1. The molecule has 4 aromatic rings. The molecule has 170 valence electrons. The molecule has 0 aliphatic carbocycles. The van der Waals surface area contributed by atoms with E-state index in [1.54, 1.807) is 18.4 Å². The zero-order valence-corrected chi connectivity index (χ0v) is 19.5. The smallest absolute Gasteiger partial charge is 0.271 e.